The van der Waals surface area contributed by atoms with Crippen molar-refractivity contribution in [3.8, 4) is 17.2 Å². The zero-order chi connectivity index (χ0) is 27.4. The van der Waals surface area contributed by atoms with E-state index in [1.165, 1.54) is 4.90 Å². The largest absolute Gasteiger partial charge is 0.507 e. The fourth-order valence-corrected chi connectivity index (χ4v) is 4.80. The highest BCUT2D eigenvalue weighted by Gasteiger charge is 2.46. The maximum Gasteiger partial charge on any atom is 0.295 e. The Morgan fingerprint density at radius 3 is 2.66 bits per heavy atom. The van der Waals surface area contributed by atoms with Gasteiger partial charge in [0, 0.05) is 25.8 Å². The number of nitrogens with zero attached hydrogens (tertiary/aromatic N) is 2. The molecule has 2 heterocycles. The Morgan fingerprint density at radius 2 is 1.95 bits per heavy atom. The van der Waals surface area contributed by atoms with Gasteiger partial charge in [0.1, 0.15) is 18.1 Å². The lowest BCUT2D eigenvalue weighted by molar-refractivity contribution is -0.140. The molecule has 9 heteroatoms. The van der Waals surface area contributed by atoms with Crippen molar-refractivity contribution in [2.75, 3.05) is 52.0 Å². The van der Waals surface area contributed by atoms with Crippen LogP contribution >= 0.6 is 0 Å². The summed E-state index contributed by atoms with van der Waals surface area (Å²) in [5, 5.41) is 11.5. The number of carbonyl (C=O) groups excluding carboxylic acids is 2. The molecule has 1 amide bonds. The topological polar surface area (TPSA) is 97.8 Å². The van der Waals surface area contributed by atoms with E-state index in [0.29, 0.717) is 61.2 Å². The number of hydrogen-bond acceptors (Lipinski definition) is 8. The van der Waals surface area contributed by atoms with Crippen LogP contribution in [0.2, 0.25) is 0 Å². The molecule has 204 valence electrons. The lowest BCUT2D eigenvalue weighted by Crippen LogP contribution is -2.31. The van der Waals surface area contributed by atoms with Crippen molar-refractivity contribution in [1.29, 1.82) is 0 Å². The van der Waals surface area contributed by atoms with Crippen LogP contribution in [0.3, 0.4) is 0 Å². The van der Waals surface area contributed by atoms with Crippen LogP contribution in [0, 0.1) is 0 Å². The van der Waals surface area contributed by atoms with Gasteiger partial charge in [-0.3, -0.25) is 9.59 Å². The van der Waals surface area contributed by atoms with Crippen molar-refractivity contribution < 1.29 is 33.6 Å². The number of carbonyl (C=O) groups is 2. The summed E-state index contributed by atoms with van der Waals surface area (Å²) in [4.78, 5) is 30.2. The van der Waals surface area contributed by atoms with E-state index in [4.69, 9.17) is 18.9 Å². The Balaban J connectivity index is 1.80. The van der Waals surface area contributed by atoms with E-state index in [9.17, 15) is 14.7 Å². The van der Waals surface area contributed by atoms with E-state index in [-0.39, 0.29) is 24.0 Å². The van der Waals surface area contributed by atoms with Crippen molar-refractivity contribution >= 4 is 23.1 Å². The number of ketones is 1. The second-order valence-corrected chi connectivity index (χ2v) is 9.56. The molecule has 0 aliphatic carbocycles. The summed E-state index contributed by atoms with van der Waals surface area (Å²) in [5.41, 5.74) is 1.91. The number of amides is 1. The lowest BCUT2D eigenvalue weighted by atomic mass is 9.94. The average molecular weight is 525 g/mol. The molecular formula is C29H36N2O7. The quantitative estimate of drug-likeness (QED) is 0.214. The van der Waals surface area contributed by atoms with Crippen LogP contribution in [0.1, 0.15) is 44.4 Å². The second kappa shape index (κ2) is 11.8. The van der Waals surface area contributed by atoms with E-state index in [2.05, 4.69) is 0 Å². The molecule has 2 aliphatic rings. The van der Waals surface area contributed by atoms with Crippen molar-refractivity contribution in [2.45, 2.75) is 39.3 Å². The Bertz CT molecular complexity index is 1220. The zero-order valence-electron chi connectivity index (χ0n) is 22.7. The van der Waals surface area contributed by atoms with Gasteiger partial charge in [-0.05, 0) is 63.1 Å². The number of benzene rings is 2. The number of Topliss-reactive ketones (excluding diaryl/α,β-unsaturated/α-hetero) is 1. The van der Waals surface area contributed by atoms with Gasteiger partial charge in [0.15, 0.2) is 11.5 Å². The molecule has 1 fully saturated rings. The predicted molar refractivity (Wildman–Crippen MR) is 144 cm³/mol. The number of anilines is 1. The summed E-state index contributed by atoms with van der Waals surface area (Å²) in [6.45, 7) is 8.17. The molecule has 1 unspecified atom stereocenters. The maximum absolute atomic E-state index is 13.4. The number of methoxy groups -OCH3 is 1. The molecule has 2 aliphatic heterocycles. The minimum atomic E-state index is -0.802. The molecule has 0 bridgehead atoms. The average Bonchev–Trinajstić information content (AvgIpc) is 3.15. The first-order valence-electron chi connectivity index (χ1n) is 13.0. The molecule has 9 nitrogen and oxygen atoms in total. The number of rotatable bonds is 10. The Kier molecular flexibility index (Phi) is 8.46. The minimum Gasteiger partial charge on any atom is -0.507 e. The molecule has 0 saturated carbocycles. The summed E-state index contributed by atoms with van der Waals surface area (Å²) in [7, 11) is 3.49. The van der Waals surface area contributed by atoms with Crippen LogP contribution in [0.4, 0.5) is 5.69 Å². The van der Waals surface area contributed by atoms with E-state index < -0.39 is 17.7 Å². The van der Waals surface area contributed by atoms with Crippen LogP contribution in [-0.2, 0) is 14.3 Å². The summed E-state index contributed by atoms with van der Waals surface area (Å²) in [6, 6.07) is 9.75. The monoisotopic (exact) mass is 524 g/mol. The molecular weight excluding hydrogens is 488 g/mol. The van der Waals surface area contributed by atoms with Crippen molar-refractivity contribution in [1.82, 2.24) is 4.90 Å². The van der Waals surface area contributed by atoms with Crippen LogP contribution in [0.5, 0.6) is 17.2 Å². The maximum atomic E-state index is 13.4. The minimum absolute atomic E-state index is 0.0340. The SMILES string of the molecule is CCOc1cc(C2/C(=C(\O)c3ccc4c(c3)N(C)CCO4)C(=O)C(=O)N2CCCOC(C)C)ccc1OC. The molecule has 0 aromatic heterocycles. The molecule has 4 rings (SSSR count). The molecule has 1 N–H and O–H groups in total. The number of aliphatic hydroxyl groups excluding tert-OH is 1. The number of fused-ring (bicyclic) bond motifs is 1. The fourth-order valence-electron chi connectivity index (χ4n) is 4.80. The summed E-state index contributed by atoms with van der Waals surface area (Å²) in [6.07, 6.45) is 0.597. The van der Waals surface area contributed by atoms with E-state index >= 15 is 0 Å². The van der Waals surface area contributed by atoms with Gasteiger partial charge in [-0.15, -0.1) is 0 Å². The molecule has 0 spiro atoms. The molecule has 1 saturated heterocycles. The third-order valence-corrected chi connectivity index (χ3v) is 6.67. The van der Waals surface area contributed by atoms with Gasteiger partial charge in [-0.25, -0.2) is 0 Å². The number of likely N-dealkylation sites (tertiary alicyclic amines) is 1. The van der Waals surface area contributed by atoms with Crippen LogP contribution in [-0.4, -0.2) is 74.9 Å². The third-order valence-electron chi connectivity index (χ3n) is 6.67. The first kappa shape index (κ1) is 27.3. The normalized spacial score (nSPS) is 18.5. The summed E-state index contributed by atoms with van der Waals surface area (Å²) >= 11 is 0. The number of aliphatic hydroxyl groups is 1. The van der Waals surface area contributed by atoms with Crippen LogP contribution in [0.25, 0.3) is 5.76 Å². The van der Waals surface area contributed by atoms with Gasteiger partial charge in [0.2, 0.25) is 0 Å². The lowest BCUT2D eigenvalue weighted by Gasteiger charge is -2.28. The third kappa shape index (κ3) is 5.43. The van der Waals surface area contributed by atoms with Gasteiger partial charge < -0.3 is 33.9 Å². The fraction of sp³-hybridized carbons (Fsp3) is 0.448. The van der Waals surface area contributed by atoms with Crippen LogP contribution in [0.15, 0.2) is 42.0 Å². The Hall–Kier alpha value is -3.72. The number of likely N-dealkylation sites (N-methyl/N-ethyl adjacent to an activating group) is 1. The van der Waals surface area contributed by atoms with Gasteiger partial charge in [0.25, 0.3) is 11.7 Å². The first-order valence-corrected chi connectivity index (χ1v) is 13.0. The predicted octanol–water partition coefficient (Wildman–Crippen LogP) is 4.16. The van der Waals surface area contributed by atoms with Gasteiger partial charge in [-0.2, -0.15) is 0 Å². The van der Waals surface area contributed by atoms with Gasteiger partial charge in [-0.1, -0.05) is 6.07 Å². The summed E-state index contributed by atoms with van der Waals surface area (Å²) in [5.74, 6) is 0.116. The summed E-state index contributed by atoms with van der Waals surface area (Å²) < 4.78 is 22.6. The molecule has 2 aromatic carbocycles. The van der Waals surface area contributed by atoms with E-state index in [1.54, 1.807) is 43.5 Å². The highest BCUT2D eigenvalue weighted by Crippen LogP contribution is 2.43. The Labute approximate surface area is 223 Å². The Morgan fingerprint density at radius 1 is 1.16 bits per heavy atom. The van der Waals surface area contributed by atoms with Gasteiger partial charge >= 0.3 is 0 Å². The van der Waals surface area contributed by atoms with Crippen molar-refractivity contribution in [3.63, 3.8) is 0 Å². The molecule has 1 atom stereocenters. The molecule has 38 heavy (non-hydrogen) atoms. The van der Waals surface area contributed by atoms with E-state index in [1.807, 2.05) is 32.7 Å². The van der Waals surface area contributed by atoms with Crippen molar-refractivity contribution in [3.05, 3.63) is 53.1 Å². The second-order valence-electron chi connectivity index (χ2n) is 9.56. The number of ether oxygens (including phenoxy) is 4. The molecule has 0 radical (unpaired) electrons. The number of hydrogen-bond donors (Lipinski definition) is 1. The smallest absolute Gasteiger partial charge is 0.295 e. The van der Waals surface area contributed by atoms with Crippen molar-refractivity contribution in [2.24, 2.45) is 0 Å². The highest BCUT2D eigenvalue weighted by molar-refractivity contribution is 6.46. The van der Waals surface area contributed by atoms with Crippen LogP contribution < -0.4 is 19.1 Å². The zero-order valence-corrected chi connectivity index (χ0v) is 22.7. The molecule has 2 aromatic rings. The van der Waals surface area contributed by atoms with E-state index in [0.717, 1.165) is 5.69 Å². The highest BCUT2D eigenvalue weighted by atomic mass is 16.5. The first-order chi connectivity index (χ1) is 18.3. The standard InChI is InChI=1S/C29H36N2O7/c1-6-36-24-17-19(8-11-23(24)35-5)26-25(28(33)29(34)31(26)12-7-14-37-18(2)3)27(32)20-9-10-22-21(16-20)30(4)13-15-38-22/h8-11,16-18,26,32H,6-7,12-15H2,1-5H3/b27-25+. The van der Waals surface area contributed by atoms with Gasteiger partial charge in [0.05, 0.1) is 43.7 Å².